The number of carbonyl (C=O) groups excluding carboxylic acids is 1. The third-order valence-corrected chi connectivity index (χ3v) is 6.20. The Morgan fingerprint density at radius 1 is 0.559 bits per heavy atom. The molecule has 0 aliphatic rings. The van der Waals surface area contributed by atoms with Crippen LogP contribution in [-0.4, -0.2) is 10.9 Å². The van der Waals surface area contributed by atoms with E-state index in [1.807, 2.05) is 60.7 Å². The van der Waals surface area contributed by atoms with Gasteiger partial charge >= 0.3 is 6.03 Å². The molecule has 0 atom stereocenters. The topological polar surface area (TPSA) is 46.3 Å². The molecule has 0 saturated heterocycles. The van der Waals surface area contributed by atoms with E-state index in [9.17, 15) is 4.79 Å². The standard InChI is InChI=1S/C16H34.C15H16N2O/c1-3-5-7-9-11-13-15-16-14-12-10-8-6-4-2;16-15(18)17(11-13-7-3-1-4-8-13)12-14-9-5-2-6-10-14/h3-16H2,1-2H3;1-10H,11-12H2,(H2,16,18). The van der Waals surface area contributed by atoms with Crippen molar-refractivity contribution in [2.24, 2.45) is 5.73 Å². The Kier molecular flexibility index (Phi) is 18.6. The van der Waals surface area contributed by atoms with E-state index in [1.165, 1.54) is 89.9 Å². The Balaban J connectivity index is 0.000000344. The van der Waals surface area contributed by atoms with Gasteiger partial charge < -0.3 is 10.6 Å². The molecule has 0 aromatic heterocycles. The monoisotopic (exact) mass is 466 g/mol. The Morgan fingerprint density at radius 3 is 1.12 bits per heavy atom. The molecule has 0 unspecified atom stereocenters. The number of carbonyl (C=O) groups is 1. The summed E-state index contributed by atoms with van der Waals surface area (Å²) in [7, 11) is 0. The Hall–Kier alpha value is -2.29. The van der Waals surface area contributed by atoms with Gasteiger partial charge in [-0.2, -0.15) is 0 Å². The van der Waals surface area contributed by atoms with Crippen LogP contribution < -0.4 is 5.73 Å². The SMILES string of the molecule is CCCCCCCCCCCCCCCC.NC(=O)N(Cc1ccccc1)Cc1ccccc1. The predicted octanol–water partition coefficient (Wildman–Crippen LogP) is 9.26. The molecular formula is C31H50N2O. The summed E-state index contributed by atoms with van der Waals surface area (Å²) in [6.45, 7) is 5.65. The quantitative estimate of drug-likeness (QED) is 0.232. The van der Waals surface area contributed by atoms with Crippen molar-refractivity contribution in [2.75, 3.05) is 0 Å². The number of hydrogen-bond donors (Lipinski definition) is 1. The molecule has 190 valence electrons. The zero-order chi connectivity index (χ0) is 24.7. The van der Waals surface area contributed by atoms with Gasteiger partial charge in [-0.3, -0.25) is 0 Å². The van der Waals surface area contributed by atoms with Gasteiger partial charge in [-0.05, 0) is 11.1 Å². The van der Waals surface area contributed by atoms with E-state index in [0.29, 0.717) is 13.1 Å². The largest absolute Gasteiger partial charge is 0.351 e. The number of amides is 2. The molecule has 0 saturated carbocycles. The summed E-state index contributed by atoms with van der Waals surface area (Å²) in [6.07, 6.45) is 20.4. The normalized spacial score (nSPS) is 10.4. The van der Waals surface area contributed by atoms with Crippen LogP contribution in [0.25, 0.3) is 0 Å². The van der Waals surface area contributed by atoms with Crippen molar-refractivity contribution >= 4 is 6.03 Å². The molecule has 0 aliphatic carbocycles. The first-order chi connectivity index (χ1) is 16.7. The average molecular weight is 467 g/mol. The van der Waals surface area contributed by atoms with Crippen molar-refractivity contribution in [1.29, 1.82) is 0 Å². The maximum atomic E-state index is 11.5. The van der Waals surface area contributed by atoms with Gasteiger partial charge in [0.1, 0.15) is 0 Å². The van der Waals surface area contributed by atoms with Gasteiger partial charge in [0, 0.05) is 13.1 Å². The summed E-state index contributed by atoms with van der Waals surface area (Å²) in [5.41, 5.74) is 7.57. The van der Waals surface area contributed by atoms with Crippen LogP contribution in [0.5, 0.6) is 0 Å². The van der Waals surface area contributed by atoms with Crippen molar-refractivity contribution < 1.29 is 4.79 Å². The van der Waals surface area contributed by atoms with E-state index in [1.54, 1.807) is 4.90 Å². The minimum Gasteiger partial charge on any atom is -0.351 e. The number of unbranched alkanes of at least 4 members (excludes halogenated alkanes) is 13. The van der Waals surface area contributed by atoms with Gasteiger partial charge in [-0.25, -0.2) is 4.79 Å². The van der Waals surface area contributed by atoms with Crippen LogP contribution in [0.2, 0.25) is 0 Å². The van der Waals surface area contributed by atoms with Crippen molar-refractivity contribution in [3.05, 3.63) is 71.8 Å². The molecule has 2 aromatic rings. The van der Waals surface area contributed by atoms with E-state index in [4.69, 9.17) is 5.73 Å². The fraction of sp³-hybridized carbons (Fsp3) is 0.581. The number of nitrogens with zero attached hydrogens (tertiary/aromatic N) is 1. The molecule has 2 aromatic carbocycles. The first-order valence-corrected chi connectivity index (χ1v) is 13.8. The highest BCUT2D eigenvalue weighted by Gasteiger charge is 2.10. The van der Waals surface area contributed by atoms with E-state index in [0.717, 1.165) is 11.1 Å². The summed E-state index contributed by atoms with van der Waals surface area (Å²) < 4.78 is 0. The van der Waals surface area contributed by atoms with Gasteiger partial charge in [0.2, 0.25) is 0 Å². The minimum atomic E-state index is -0.400. The molecule has 3 heteroatoms. The molecule has 0 heterocycles. The molecule has 0 fully saturated rings. The Morgan fingerprint density at radius 2 is 0.853 bits per heavy atom. The van der Waals surface area contributed by atoms with E-state index in [-0.39, 0.29) is 0 Å². The molecule has 0 spiro atoms. The molecule has 3 nitrogen and oxygen atoms in total. The Labute approximate surface area is 210 Å². The number of nitrogens with two attached hydrogens (primary N) is 1. The number of benzene rings is 2. The van der Waals surface area contributed by atoms with Gasteiger partial charge in [-0.15, -0.1) is 0 Å². The lowest BCUT2D eigenvalue weighted by Gasteiger charge is -2.20. The molecule has 2 amide bonds. The number of rotatable bonds is 17. The zero-order valence-electron chi connectivity index (χ0n) is 22.0. The number of hydrogen-bond acceptors (Lipinski definition) is 1. The Bertz CT molecular complexity index is 646. The van der Waals surface area contributed by atoms with Crippen LogP contribution in [0.4, 0.5) is 4.79 Å². The van der Waals surface area contributed by atoms with Crippen LogP contribution in [0.3, 0.4) is 0 Å². The molecule has 0 aliphatic heterocycles. The van der Waals surface area contributed by atoms with Crippen molar-refractivity contribution in [2.45, 2.75) is 117 Å². The summed E-state index contributed by atoms with van der Waals surface area (Å²) in [5.74, 6) is 0. The van der Waals surface area contributed by atoms with Gasteiger partial charge in [0.15, 0.2) is 0 Å². The van der Waals surface area contributed by atoms with Crippen LogP contribution >= 0.6 is 0 Å². The van der Waals surface area contributed by atoms with Gasteiger partial charge in [-0.1, -0.05) is 164 Å². The third-order valence-electron chi connectivity index (χ3n) is 6.20. The van der Waals surface area contributed by atoms with Crippen LogP contribution in [0, 0.1) is 0 Å². The second-order valence-electron chi connectivity index (χ2n) is 9.41. The maximum absolute atomic E-state index is 11.5. The molecule has 2 N–H and O–H groups in total. The first kappa shape index (κ1) is 29.7. The summed E-state index contributed by atoms with van der Waals surface area (Å²) in [5, 5.41) is 0. The summed E-state index contributed by atoms with van der Waals surface area (Å²) >= 11 is 0. The molecule has 2 rings (SSSR count). The predicted molar refractivity (Wildman–Crippen MR) is 148 cm³/mol. The highest BCUT2D eigenvalue weighted by atomic mass is 16.2. The number of primary amides is 1. The first-order valence-electron chi connectivity index (χ1n) is 13.8. The van der Waals surface area contributed by atoms with E-state index in [2.05, 4.69) is 13.8 Å². The second kappa shape index (κ2) is 21.3. The van der Waals surface area contributed by atoms with Gasteiger partial charge in [0.25, 0.3) is 0 Å². The highest BCUT2D eigenvalue weighted by molar-refractivity contribution is 5.72. The number of urea groups is 1. The molecular weight excluding hydrogens is 416 g/mol. The van der Waals surface area contributed by atoms with Crippen LogP contribution in [0.1, 0.15) is 115 Å². The fourth-order valence-electron chi connectivity index (χ4n) is 4.09. The average Bonchev–Trinajstić information content (AvgIpc) is 2.86. The molecule has 0 radical (unpaired) electrons. The van der Waals surface area contributed by atoms with Crippen LogP contribution in [-0.2, 0) is 13.1 Å². The lowest BCUT2D eigenvalue weighted by atomic mass is 10.0. The fourth-order valence-corrected chi connectivity index (χ4v) is 4.09. The van der Waals surface area contributed by atoms with E-state index >= 15 is 0 Å². The smallest absolute Gasteiger partial charge is 0.315 e. The maximum Gasteiger partial charge on any atom is 0.315 e. The molecule has 0 bridgehead atoms. The van der Waals surface area contributed by atoms with Gasteiger partial charge in [0.05, 0.1) is 0 Å². The van der Waals surface area contributed by atoms with E-state index < -0.39 is 6.03 Å². The second-order valence-corrected chi connectivity index (χ2v) is 9.41. The van der Waals surface area contributed by atoms with Crippen molar-refractivity contribution in [3.63, 3.8) is 0 Å². The third kappa shape index (κ3) is 16.3. The molecule has 34 heavy (non-hydrogen) atoms. The summed E-state index contributed by atoms with van der Waals surface area (Å²) in [6, 6.07) is 19.3. The minimum absolute atomic E-state index is 0.400. The van der Waals surface area contributed by atoms with Crippen molar-refractivity contribution in [1.82, 2.24) is 4.90 Å². The summed E-state index contributed by atoms with van der Waals surface area (Å²) in [4.78, 5) is 13.1. The lowest BCUT2D eigenvalue weighted by molar-refractivity contribution is 0.202. The van der Waals surface area contributed by atoms with Crippen molar-refractivity contribution in [3.8, 4) is 0 Å². The zero-order valence-corrected chi connectivity index (χ0v) is 22.0. The van der Waals surface area contributed by atoms with Crippen LogP contribution in [0.15, 0.2) is 60.7 Å². The highest BCUT2D eigenvalue weighted by Crippen LogP contribution is 2.13. The lowest BCUT2D eigenvalue weighted by Crippen LogP contribution is -2.34.